The number of aryl methyl sites for hydroxylation is 1. The van der Waals surface area contributed by atoms with Crippen LogP contribution in [0.3, 0.4) is 0 Å². The van der Waals surface area contributed by atoms with Gasteiger partial charge < -0.3 is 10.6 Å². The molecule has 0 radical (unpaired) electrons. The van der Waals surface area contributed by atoms with Crippen LogP contribution in [0, 0.1) is 0 Å². The number of rotatable bonds is 3. The van der Waals surface area contributed by atoms with Gasteiger partial charge in [0.2, 0.25) is 5.13 Å². The molecule has 0 unspecified atom stereocenters. The molecule has 0 spiro atoms. The average molecular weight is 278 g/mol. The molecular weight excluding hydrogens is 260 g/mol. The molecule has 1 aliphatic rings. The van der Waals surface area contributed by atoms with E-state index in [4.69, 9.17) is 5.73 Å². The molecule has 0 amide bonds. The first-order valence-electron chi connectivity index (χ1n) is 6.64. The van der Waals surface area contributed by atoms with Crippen LogP contribution in [0.2, 0.25) is 0 Å². The zero-order chi connectivity index (χ0) is 13.2. The standard InChI is InChI=1S/C12H18N6S/c1-2-11-14-12(19-17-11)18-5-3-8(4-6-18)9-7-10(13)16-15-9/h7-8H,2-6H2,1H3,(H3,13,15,16). The lowest BCUT2D eigenvalue weighted by molar-refractivity contribution is 0.495. The van der Waals surface area contributed by atoms with Gasteiger partial charge in [0.15, 0.2) is 0 Å². The van der Waals surface area contributed by atoms with E-state index in [1.807, 2.05) is 6.07 Å². The van der Waals surface area contributed by atoms with E-state index in [2.05, 4.69) is 31.4 Å². The van der Waals surface area contributed by atoms with Crippen molar-refractivity contribution in [1.82, 2.24) is 19.6 Å². The van der Waals surface area contributed by atoms with E-state index >= 15 is 0 Å². The van der Waals surface area contributed by atoms with E-state index in [-0.39, 0.29) is 0 Å². The number of nitrogens with zero attached hydrogens (tertiary/aromatic N) is 4. The minimum atomic E-state index is 0.527. The molecule has 1 saturated heterocycles. The topological polar surface area (TPSA) is 83.7 Å². The first-order valence-corrected chi connectivity index (χ1v) is 7.42. The van der Waals surface area contributed by atoms with Crippen LogP contribution in [0.1, 0.15) is 37.2 Å². The molecule has 2 aromatic rings. The van der Waals surface area contributed by atoms with Crippen molar-refractivity contribution in [2.45, 2.75) is 32.1 Å². The van der Waals surface area contributed by atoms with E-state index in [9.17, 15) is 0 Å². The van der Waals surface area contributed by atoms with Crippen LogP contribution in [0.15, 0.2) is 6.07 Å². The Morgan fingerprint density at radius 1 is 1.47 bits per heavy atom. The fourth-order valence-corrected chi connectivity index (χ4v) is 3.26. The van der Waals surface area contributed by atoms with Crippen LogP contribution in [0.5, 0.6) is 0 Å². The minimum absolute atomic E-state index is 0.527. The molecule has 2 aromatic heterocycles. The maximum atomic E-state index is 5.65. The highest BCUT2D eigenvalue weighted by Crippen LogP contribution is 2.30. The van der Waals surface area contributed by atoms with E-state index < -0.39 is 0 Å². The molecule has 0 aliphatic carbocycles. The van der Waals surface area contributed by atoms with Gasteiger partial charge >= 0.3 is 0 Å². The summed E-state index contributed by atoms with van der Waals surface area (Å²) in [4.78, 5) is 6.87. The smallest absolute Gasteiger partial charge is 0.205 e. The monoisotopic (exact) mass is 278 g/mol. The molecule has 1 fully saturated rings. The van der Waals surface area contributed by atoms with Crippen LogP contribution >= 0.6 is 11.5 Å². The molecule has 7 heteroatoms. The van der Waals surface area contributed by atoms with Gasteiger partial charge in [0, 0.05) is 48.7 Å². The van der Waals surface area contributed by atoms with Gasteiger partial charge in [-0.25, -0.2) is 4.98 Å². The Balaban J connectivity index is 1.63. The Labute approximate surface area is 116 Å². The lowest BCUT2D eigenvalue weighted by Gasteiger charge is -2.30. The lowest BCUT2D eigenvalue weighted by atomic mass is 9.94. The number of hydrogen-bond acceptors (Lipinski definition) is 6. The maximum absolute atomic E-state index is 5.65. The number of nitrogens with two attached hydrogens (primary N) is 1. The molecule has 1 aliphatic heterocycles. The van der Waals surface area contributed by atoms with Crippen molar-refractivity contribution in [1.29, 1.82) is 0 Å². The summed E-state index contributed by atoms with van der Waals surface area (Å²) < 4.78 is 4.35. The van der Waals surface area contributed by atoms with Crippen molar-refractivity contribution in [3.63, 3.8) is 0 Å². The first-order chi connectivity index (χ1) is 9.26. The van der Waals surface area contributed by atoms with Crippen molar-refractivity contribution in [2.24, 2.45) is 0 Å². The normalized spacial score (nSPS) is 17.0. The number of aromatic nitrogens is 4. The third-order valence-electron chi connectivity index (χ3n) is 3.60. The number of nitrogens with one attached hydrogen (secondary N) is 1. The van der Waals surface area contributed by atoms with Gasteiger partial charge in [0.1, 0.15) is 11.6 Å². The quantitative estimate of drug-likeness (QED) is 0.894. The van der Waals surface area contributed by atoms with Gasteiger partial charge in [-0.3, -0.25) is 5.10 Å². The molecule has 3 heterocycles. The molecule has 0 atom stereocenters. The third kappa shape index (κ3) is 2.56. The van der Waals surface area contributed by atoms with E-state index in [0.29, 0.717) is 11.7 Å². The summed E-state index contributed by atoms with van der Waals surface area (Å²) in [5.74, 6) is 2.05. The average Bonchev–Trinajstić information content (AvgIpc) is 3.07. The molecule has 19 heavy (non-hydrogen) atoms. The maximum Gasteiger partial charge on any atom is 0.205 e. The van der Waals surface area contributed by atoms with Crippen molar-refractivity contribution < 1.29 is 0 Å². The van der Waals surface area contributed by atoms with Crippen LogP contribution in [-0.2, 0) is 6.42 Å². The number of anilines is 2. The molecule has 3 N–H and O–H groups in total. The Bertz CT molecular complexity index is 540. The summed E-state index contributed by atoms with van der Waals surface area (Å²) in [5.41, 5.74) is 6.81. The molecule has 0 bridgehead atoms. The predicted molar refractivity (Wildman–Crippen MR) is 76.5 cm³/mol. The van der Waals surface area contributed by atoms with Crippen LogP contribution < -0.4 is 10.6 Å². The zero-order valence-electron chi connectivity index (χ0n) is 11.0. The summed E-state index contributed by atoms with van der Waals surface area (Å²) in [6, 6.07) is 1.94. The summed E-state index contributed by atoms with van der Waals surface area (Å²) >= 11 is 1.51. The van der Waals surface area contributed by atoms with E-state index in [1.54, 1.807) is 0 Å². The van der Waals surface area contributed by atoms with Crippen molar-refractivity contribution in [3.8, 4) is 0 Å². The number of aromatic amines is 1. The van der Waals surface area contributed by atoms with Gasteiger partial charge in [-0.05, 0) is 12.8 Å². The SMILES string of the molecule is CCc1nsc(N2CCC(c3cc(N)n[nH]3)CC2)n1. The Morgan fingerprint density at radius 2 is 2.26 bits per heavy atom. The van der Waals surface area contributed by atoms with Crippen LogP contribution in [0.25, 0.3) is 0 Å². The highest BCUT2D eigenvalue weighted by molar-refractivity contribution is 7.09. The Kier molecular flexibility index (Phi) is 3.37. The second kappa shape index (κ2) is 5.16. The first kappa shape index (κ1) is 12.4. The summed E-state index contributed by atoms with van der Waals surface area (Å²) in [6.07, 6.45) is 3.10. The fourth-order valence-electron chi connectivity index (χ4n) is 2.46. The molecule has 3 rings (SSSR count). The lowest BCUT2D eigenvalue weighted by Crippen LogP contribution is -2.32. The number of nitrogen functional groups attached to an aromatic ring is 1. The Morgan fingerprint density at radius 3 is 2.84 bits per heavy atom. The summed E-state index contributed by atoms with van der Waals surface area (Å²) in [5, 5.41) is 8.08. The predicted octanol–water partition coefficient (Wildman–Crippen LogP) is 1.79. The zero-order valence-corrected chi connectivity index (χ0v) is 11.8. The van der Waals surface area contributed by atoms with E-state index in [0.717, 1.165) is 49.0 Å². The molecule has 0 aromatic carbocycles. The highest BCUT2D eigenvalue weighted by atomic mass is 32.1. The summed E-state index contributed by atoms with van der Waals surface area (Å²) in [6.45, 7) is 4.12. The van der Waals surface area contributed by atoms with Gasteiger partial charge in [0.25, 0.3) is 0 Å². The van der Waals surface area contributed by atoms with Crippen LogP contribution in [0.4, 0.5) is 10.9 Å². The van der Waals surface area contributed by atoms with Crippen molar-refractivity contribution in [2.75, 3.05) is 23.7 Å². The van der Waals surface area contributed by atoms with Gasteiger partial charge in [-0.1, -0.05) is 6.92 Å². The van der Waals surface area contributed by atoms with Gasteiger partial charge in [-0.2, -0.15) is 9.47 Å². The highest BCUT2D eigenvalue weighted by Gasteiger charge is 2.23. The fraction of sp³-hybridized carbons (Fsp3) is 0.583. The number of H-pyrrole nitrogens is 1. The molecule has 0 saturated carbocycles. The largest absolute Gasteiger partial charge is 0.382 e. The second-order valence-electron chi connectivity index (χ2n) is 4.86. The number of piperidine rings is 1. The number of hydrogen-bond donors (Lipinski definition) is 2. The van der Waals surface area contributed by atoms with Gasteiger partial charge in [0.05, 0.1) is 0 Å². The summed E-state index contributed by atoms with van der Waals surface area (Å²) in [7, 11) is 0. The molecule has 6 nitrogen and oxygen atoms in total. The van der Waals surface area contributed by atoms with Gasteiger partial charge in [-0.15, -0.1) is 0 Å². The van der Waals surface area contributed by atoms with Crippen molar-refractivity contribution >= 4 is 22.5 Å². The second-order valence-corrected chi connectivity index (χ2v) is 5.59. The minimum Gasteiger partial charge on any atom is -0.382 e. The van der Waals surface area contributed by atoms with E-state index in [1.165, 1.54) is 11.5 Å². The molecular formula is C12H18N6S. The van der Waals surface area contributed by atoms with Crippen LogP contribution in [-0.4, -0.2) is 32.6 Å². The Hall–Kier alpha value is -1.63. The third-order valence-corrected chi connectivity index (χ3v) is 4.41. The van der Waals surface area contributed by atoms with Crippen molar-refractivity contribution in [3.05, 3.63) is 17.6 Å². The molecule has 102 valence electrons.